The van der Waals surface area contributed by atoms with Gasteiger partial charge in [-0.2, -0.15) is 0 Å². The van der Waals surface area contributed by atoms with E-state index in [-0.39, 0.29) is 23.4 Å². The predicted molar refractivity (Wildman–Crippen MR) is 58.7 cm³/mol. The van der Waals surface area contributed by atoms with Crippen LogP contribution in [0.5, 0.6) is 0 Å². The number of hydrogen-bond acceptors (Lipinski definition) is 3. The lowest BCUT2D eigenvalue weighted by Crippen LogP contribution is -2.55. The van der Waals surface area contributed by atoms with Crippen molar-refractivity contribution < 1.29 is 14.6 Å². The highest BCUT2D eigenvalue weighted by Gasteiger charge is 2.62. The highest BCUT2D eigenvalue weighted by molar-refractivity contribution is 5.74. The molecule has 3 rings (SSSR count). The van der Waals surface area contributed by atoms with Crippen molar-refractivity contribution in [2.45, 2.75) is 51.2 Å². The Morgan fingerprint density at radius 1 is 1.50 bits per heavy atom. The van der Waals surface area contributed by atoms with Crippen LogP contribution < -0.4 is 0 Å². The Hall–Kier alpha value is -0.830. The Labute approximate surface area is 95.5 Å². The lowest BCUT2D eigenvalue weighted by atomic mass is 9.62. The highest BCUT2D eigenvalue weighted by Crippen LogP contribution is 2.56. The average molecular weight is 222 g/mol. The Kier molecular flexibility index (Phi) is 1.87. The summed E-state index contributed by atoms with van der Waals surface area (Å²) in [6.07, 6.45) is 5.26. The summed E-state index contributed by atoms with van der Waals surface area (Å²) in [5, 5.41) is 11.0. The molecule has 0 spiro atoms. The molecule has 16 heavy (non-hydrogen) atoms. The minimum absolute atomic E-state index is 0.102. The first-order chi connectivity index (χ1) is 7.45. The minimum atomic E-state index is -0.915. The number of carbonyl (C=O) groups excluding carboxylic acids is 1. The van der Waals surface area contributed by atoms with E-state index in [4.69, 9.17) is 4.74 Å². The lowest BCUT2D eigenvalue weighted by Gasteiger charge is -2.48. The molecule has 1 heterocycles. The lowest BCUT2D eigenvalue weighted by molar-refractivity contribution is -0.165. The number of rotatable bonds is 0. The zero-order valence-corrected chi connectivity index (χ0v) is 9.82. The van der Waals surface area contributed by atoms with Crippen LogP contribution in [0.25, 0.3) is 0 Å². The molecule has 0 aromatic rings. The smallest absolute Gasteiger partial charge is 0.306 e. The number of fused-ring (bicyclic) bond motifs is 3. The molecule has 1 saturated heterocycles. The van der Waals surface area contributed by atoms with E-state index in [1.807, 2.05) is 0 Å². The van der Waals surface area contributed by atoms with Gasteiger partial charge in [-0.05, 0) is 24.8 Å². The van der Waals surface area contributed by atoms with Crippen molar-refractivity contribution in [3.63, 3.8) is 0 Å². The fourth-order valence-corrected chi connectivity index (χ4v) is 3.69. The van der Waals surface area contributed by atoms with Crippen molar-refractivity contribution in [2.75, 3.05) is 0 Å². The summed E-state index contributed by atoms with van der Waals surface area (Å²) in [4.78, 5) is 11.3. The van der Waals surface area contributed by atoms with E-state index in [0.717, 1.165) is 24.8 Å². The van der Waals surface area contributed by atoms with Gasteiger partial charge in [0.2, 0.25) is 0 Å². The van der Waals surface area contributed by atoms with Crippen LogP contribution in [0.4, 0.5) is 0 Å². The van der Waals surface area contributed by atoms with Crippen LogP contribution in [0.2, 0.25) is 0 Å². The molecule has 0 aromatic heterocycles. The molecule has 3 atom stereocenters. The van der Waals surface area contributed by atoms with Crippen molar-refractivity contribution in [1.29, 1.82) is 0 Å². The summed E-state index contributed by atoms with van der Waals surface area (Å²) in [7, 11) is 0. The maximum atomic E-state index is 11.3. The van der Waals surface area contributed by atoms with Gasteiger partial charge in [-0.15, -0.1) is 0 Å². The maximum absolute atomic E-state index is 11.3. The Bertz CT molecular complexity index is 383. The highest BCUT2D eigenvalue weighted by atomic mass is 16.6. The molecular weight excluding hydrogens is 204 g/mol. The van der Waals surface area contributed by atoms with Crippen LogP contribution in [0.15, 0.2) is 11.6 Å². The predicted octanol–water partition coefficient (Wildman–Crippen LogP) is 1.80. The van der Waals surface area contributed by atoms with Gasteiger partial charge in [-0.25, -0.2) is 0 Å². The molecule has 3 heteroatoms. The first-order valence-corrected chi connectivity index (χ1v) is 6.08. The van der Waals surface area contributed by atoms with Gasteiger partial charge in [0.1, 0.15) is 11.7 Å². The molecule has 3 aliphatic rings. The molecule has 88 valence electrons. The summed E-state index contributed by atoms with van der Waals surface area (Å²) in [6.45, 7) is 4.16. The Balaban J connectivity index is 2.06. The van der Waals surface area contributed by atoms with E-state index in [1.54, 1.807) is 0 Å². The van der Waals surface area contributed by atoms with Crippen LogP contribution in [0.3, 0.4) is 0 Å². The van der Waals surface area contributed by atoms with Gasteiger partial charge >= 0.3 is 5.97 Å². The second-order valence-electron chi connectivity index (χ2n) is 5.97. The molecular formula is C13H18O3. The second kappa shape index (κ2) is 2.89. The quantitative estimate of drug-likeness (QED) is 0.502. The Morgan fingerprint density at radius 2 is 2.25 bits per heavy atom. The van der Waals surface area contributed by atoms with Crippen LogP contribution in [-0.4, -0.2) is 22.8 Å². The van der Waals surface area contributed by atoms with Gasteiger partial charge in [0.25, 0.3) is 0 Å². The van der Waals surface area contributed by atoms with E-state index in [1.165, 1.54) is 0 Å². The van der Waals surface area contributed by atoms with Crippen molar-refractivity contribution in [3.05, 3.63) is 11.6 Å². The summed E-state index contributed by atoms with van der Waals surface area (Å²) in [6, 6.07) is 0. The first-order valence-electron chi connectivity index (χ1n) is 6.08. The SMILES string of the molecule is CC1(C)CCCC2=C[C@H]3CC(=O)O[C@@H]3[C@@]21O. The first kappa shape index (κ1) is 10.3. The molecule has 0 bridgehead atoms. The number of hydrogen-bond donors (Lipinski definition) is 1. The summed E-state index contributed by atoms with van der Waals surface area (Å²) in [5.41, 5.74) is -0.00493. The second-order valence-corrected chi connectivity index (χ2v) is 5.97. The van der Waals surface area contributed by atoms with Crippen molar-refractivity contribution in [3.8, 4) is 0 Å². The fourth-order valence-electron chi connectivity index (χ4n) is 3.69. The molecule has 0 aromatic carbocycles. The minimum Gasteiger partial charge on any atom is -0.458 e. The van der Waals surface area contributed by atoms with Crippen LogP contribution in [0.1, 0.15) is 39.5 Å². The number of aliphatic hydroxyl groups is 1. The zero-order valence-electron chi connectivity index (χ0n) is 9.82. The molecule has 0 radical (unpaired) electrons. The van der Waals surface area contributed by atoms with Crippen LogP contribution in [-0.2, 0) is 9.53 Å². The average Bonchev–Trinajstić information content (AvgIpc) is 2.65. The molecule has 0 amide bonds. The third-order valence-corrected chi connectivity index (χ3v) is 4.65. The molecule has 0 unspecified atom stereocenters. The van der Waals surface area contributed by atoms with Gasteiger partial charge < -0.3 is 9.84 Å². The van der Waals surface area contributed by atoms with E-state index in [2.05, 4.69) is 19.9 Å². The summed E-state index contributed by atoms with van der Waals surface area (Å²) >= 11 is 0. The topological polar surface area (TPSA) is 46.5 Å². The van der Waals surface area contributed by atoms with Crippen LogP contribution >= 0.6 is 0 Å². The molecule has 2 fully saturated rings. The monoisotopic (exact) mass is 222 g/mol. The van der Waals surface area contributed by atoms with Gasteiger partial charge in [-0.1, -0.05) is 19.9 Å². The number of esters is 1. The standard InChI is InChI=1S/C13H18O3/c1-12(2)5-3-4-9-6-8-7-10(14)16-11(8)13(9,12)15/h6,8,11,15H,3-5,7H2,1-2H3/t8-,11-,13-/m0/s1. The van der Waals surface area contributed by atoms with Crippen molar-refractivity contribution in [1.82, 2.24) is 0 Å². The van der Waals surface area contributed by atoms with Crippen molar-refractivity contribution in [2.24, 2.45) is 11.3 Å². The van der Waals surface area contributed by atoms with Gasteiger partial charge in [0.05, 0.1) is 6.42 Å². The largest absolute Gasteiger partial charge is 0.458 e. The van der Waals surface area contributed by atoms with Gasteiger partial charge in [-0.3, -0.25) is 4.79 Å². The molecule has 1 saturated carbocycles. The van der Waals surface area contributed by atoms with Gasteiger partial charge in [0.15, 0.2) is 0 Å². The van der Waals surface area contributed by atoms with Crippen LogP contribution in [0, 0.1) is 11.3 Å². The number of carbonyl (C=O) groups is 1. The van der Waals surface area contributed by atoms with Gasteiger partial charge in [0, 0.05) is 11.3 Å². The van der Waals surface area contributed by atoms with E-state index in [9.17, 15) is 9.90 Å². The molecule has 2 aliphatic carbocycles. The molecule has 1 N–H and O–H groups in total. The fraction of sp³-hybridized carbons (Fsp3) is 0.769. The third kappa shape index (κ3) is 1.05. The van der Waals surface area contributed by atoms with E-state index >= 15 is 0 Å². The molecule has 1 aliphatic heterocycles. The van der Waals surface area contributed by atoms with E-state index < -0.39 is 5.60 Å². The molecule has 3 nitrogen and oxygen atoms in total. The summed E-state index contributed by atoms with van der Waals surface area (Å²) < 4.78 is 5.35. The zero-order chi connectivity index (χ0) is 11.6. The Morgan fingerprint density at radius 3 is 3.00 bits per heavy atom. The third-order valence-electron chi connectivity index (χ3n) is 4.65. The number of ether oxygens (including phenoxy) is 1. The normalized spacial score (nSPS) is 44.7. The maximum Gasteiger partial charge on any atom is 0.306 e. The van der Waals surface area contributed by atoms with E-state index in [0.29, 0.717) is 6.42 Å². The van der Waals surface area contributed by atoms with Crippen molar-refractivity contribution >= 4 is 5.97 Å². The summed E-state index contributed by atoms with van der Waals surface area (Å²) in [5.74, 6) is -0.0648.